The lowest BCUT2D eigenvalue weighted by molar-refractivity contribution is -0.144. The van der Waals surface area contributed by atoms with E-state index >= 15 is 0 Å². The fraction of sp³-hybridized carbons (Fsp3) is 0.590. The monoisotopic (exact) mass is 663 g/mol. The molecule has 2 aromatic carbocycles. The van der Waals surface area contributed by atoms with Gasteiger partial charge in [0.2, 0.25) is 5.91 Å². The number of anilines is 2. The second kappa shape index (κ2) is 18.5. The molecule has 0 spiro atoms. The summed E-state index contributed by atoms with van der Waals surface area (Å²) in [6.07, 6.45) is 17.5. The van der Waals surface area contributed by atoms with Crippen molar-refractivity contribution in [3.63, 3.8) is 0 Å². The number of esters is 1. The van der Waals surface area contributed by atoms with E-state index < -0.39 is 0 Å². The van der Waals surface area contributed by atoms with Gasteiger partial charge in [-0.15, -0.1) is 11.3 Å². The SMILES string of the molecule is CCCCCCCCCCCCCCC(=O)OCN1C(=O)CCc2ccc(CCN3CCN(c4cc(F)cc5sccc45)CC3)cc21. The Morgan fingerprint density at radius 2 is 1.53 bits per heavy atom. The van der Waals surface area contributed by atoms with Gasteiger partial charge in [-0.2, -0.15) is 0 Å². The van der Waals surface area contributed by atoms with Crippen LogP contribution >= 0.6 is 11.3 Å². The topological polar surface area (TPSA) is 53.1 Å². The standard InChI is InChI=1S/C39H54FN3O3S/c1-2-3-4-5-6-7-8-9-10-11-12-13-14-39(45)46-30-43-35-27-31(15-16-32(35)17-18-38(43)44)19-21-41-22-24-42(25-23-41)36-28-33(40)29-37-34(36)20-26-47-37/h15-16,20,26-29H,2-14,17-19,21-25,30H2,1H3. The molecule has 6 nitrogen and oxygen atoms in total. The Labute approximate surface area is 285 Å². The fourth-order valence-corrected chi connectivity index (χ4v) is 7.81. The van der Waals surface area contributed by atoms with Crippen LogP contribution in [0.1, 0.15) is 108 Å². The number of hydrogen-bond donors (Lipinski definition) is 0. The maximum atomic E-state index is 14.2. The fourth-order valence-electron chi connectivity index (χ4n) is 6.98. The van der Waals surface area contributed by atoms with E-state index in [0.29, 0.717) is 12.8 Å². The molecule has 47 heavy (non-hydrogen) atoms. The van der Waals surface area contributed by atoms with E-state index in [0.717, 1.165) is 85.4 Å². The lowest BCUT2D eigenvalue weighted by Crippen LogP contribution is -2.47. The van der Waals surface area contributed by atoms with E-state index in [9.17, 15) is 14.0 Å². The third kappa shape index (κ3) is 10.5. The summed E-state index contributed by atoms with van der Waals surface area (Å²) in [6.45, 7) is 6.75. The molecule has 0 unspecified atom stereocenters. The van der Waals surface area contributed by atoms with Crippen LogP contribution in [0.3, 0.4) is 0 Å². The number of piperazine rings is 1. The lowest BCUT2D eigenvalue weighted by Gasteiger charge is -2.36. The molecule has 0 bridgehead atoms. The first kappa shape index (κ1) is 35.3. The van der Waals surface area contributed by atoms with Gasteiger partial charge >= 0.3 is 5.97 Å². The summed E-state index contributed by atoms with van der Waals surface area (Å²) in [5, 5.41) is 3.16. The van der Waals surface area contributed by atoms with Crippen LogP contribution in [0.15, 0.2) is 41.8 Å². The molecule has 2 aliphatic heterocycles. The smallest absolute Gasteiger partial charge is 0.307 e. The Balaban J connectivity index is 1.01. The van der Waals surface area contributed by atoms with Gasteiger partial charge in [0.15, 0.2) is 6.73 Å². The Morgan fingerprint density at radius 3 is 2.26 bits per heavy atom. The predicted molar refractivity (Wildman–Crippen MR) is 193 cm³/mol. The van der Waals surface area contributed by atoms with Gasteiger partial charge in [0.25, 0.3) is 0 Å². The minimum Gasteiger partial charge on any atom is -0.444 e. The number of ether oxygens (including phenoxy) is 1. The highest BCUT2D eigenvalue weighted by Crippen LogP contribution is 2.33. The van der Waals surface area contributed by atoms with Gasteiger partial charge in [0, 0.05) is 61.3 Å². The molecule has 2 aliphatic rings. The van der Waals surface area contributed by atoms with Gasteiger partial charge in [-0.1, -0.05) is 89.7 Å². The molecule has 3 aromatic rings. The van der Waals surface area contributed by atoms with Crippen molar-refractivity contribution in [2.45, 2.75) is 110 Å². The quantitative estimate of drug-likeness (QED) is 0.0946. The second-order valence-electron chi connectivity index (χ2n) is 13.4. The van der Waals surface area contributed by atoms with Gasteiger partial charge in [0.1, 0.15) is 5.82 Å². The molecule has 0 saturated carbocycles. The van der Waals surface area contributed by atoms with Crippen LogP contribution in [-0.4, -0.2) is 56.2 Å². The molecular weight excluding hydrogens is 610 g/mol. The van der Waals surface area contributed by atoms with Crippen LogP contribution in [0.5, 0.6) is 0 Å². The van der Waals surface area contributed by atoms with Gasteiger partial charge in [-0.3, -0.25) is 19.4 Å². The van der Waals surface area contributed by atoms with Gasteiger partial charge in [-0.25, -0.2) is 4.39 Å². The number of hydrogen-bond acceptors (Lipinski definition) is 6. The number of nitrogens with zero attached hydrogens (tertiary/aromatic N) is 3. The molecule has 256 valence electrons. The number of halogens is 1. The molecule has 0 radical (unpaired) electrons. The van der Waals surface area contributed by atoms with Crippen LogP contribution in [0.25, 0.3) is 10.1 Å². The largest absolute Gasteiger partial charge is 0.444 e. The minimum absolute atomic E-state index is 0.00812. The number of thiophene rings is 1. The Hall–Kier alpha value is -2.97. The maximum Gasteiger partial charge on any atom is 0.307 e. The molecule has 1 amide bonds. The molecule has 0 N–H and O–H groups in total. The number of aryl methyl sites for hydroxylation is 1. The number of benzene rings is 2. The highest BCUT2D eigenvalue weighted by molar-refractivity contribution is 7.17. The summed E-state index contributed by atoms with van der Waals surface area (Å²) in [7, 11) is 0. The number of amides is 1. The van der Waals surface area contributed by atoms with Crippen molar-refractivity contribution < 1.29 is 18.7 Å². The third-order valence-corrected chi connectivity index (χ3v) is 10.7. The van der Waals surface area contributed by atoms with E-state index in [4.69, 9.17) is 4.74 Å². The maximum absolute atomic E-state index is 14.2. The number of carbonyl (C=O) groups is 2. The molecule has 1 saturated heterocycles. The first-order valence-electron chi connectivity index (χ1n) is 18.2. The number of fused-ring (bicyclic) bond motifs is 2. The molecule has 0 atom stereocenters. The Kier molecular flexibility index (Phi) is 13.9. The van der Waals surface area contributed by atoms with E-state index in [1.54, 1.807) is 28.4 Å². The Bertz CT molecular complexity index is 1430. The zero-order chi connectivity index (χ0) is 32.8. The van der Waals surface area contributed by atoms with Gasteiger partial charge in [0.05, 0.1) is 5.69 Å². The molecule has 1 fully saturated rings. The first-order valence-corrected chi connectivity index (χ1v) is 19.1. The van der Waals surface area contributed by atoms with Crippen molar-refractivity contribution in [3.05, 3.63) is 58.7 Å². The summed E-state index contributed by atoms with van der Waals surface area (Å²) in [4.78, 5) is 31.8. The van der Waals surface area contributed by atoms with Crippen LogP contribution in [0, 0.1) is 5.82 Å². The van der Waals surface area contributed by atoms with Crippen LogP contribution in [0.4, 0.5) is 15.8 Å². The van der Waals surface area contributed by atoms with E-state index in [1.165, 1.54) is 69.8 Å². The molecule has 3 heterocycles. The summed E-state index contributed by atoms with van der Waals surface area (Å²) in [6, 6.07) is 11.8. The highest BCUT2D eigenvalue weighted by Gasteiger charge is 2.26. The molecule has 1 aromatic heterocycles. The zero-order valence-corrected chi connectivity index (χ0v) is 29.3. The van der Waals surface area contributed by atoms with Crippen LogP contribution in [0.2, 0.25) is 0 Å². The summed E-state index contributed by atoms with van der Waals surface area (Å²) >= 11 is 1.58. The molecule has 8 heteroatoms. The summed E-state index contributed by atoms with van der Waals surface area (Å²) in [5.41, 5.74) is 4.19. The third-order valence-electron chi connectivity index (χ3n) is 9.88. The van der Waals surface area contributed by atoms with E-state index in [2.05, 4.69) is 41.0 Å². The van der Waals surface area contributed by atoms with Crippen molar-refractivity contribution in [1.82, 2.24) is 4.90 Å². The highest BCUT2D eigenvalue weighted by atomic mass is 32.1. The normalized spacial score (nSPS) is 15.4. The number of carbonyl (C=O) groups excluding carboxylic acids is 2. The zero-order valence-electron chi connectivity index (χ0n) is 28.5. The van der Waals surface area contributed by atoms with Gasteiger partial charge in [-0.05, 0) is 60.0 Å². The average molecular weight is 664 g/mol. The predicted octanol–water partition coefficient (Wildman–Crippen LogP) is 9.28. The summed E-state index contributed by atoms with van der Waals surface area (Å²) < 4.78 is 20.8. The van der Waals surface area contributed by atoms with Crippen molar-refractivity contribution >= 4 is 44.7 Å². The van der Waals surface area contributed by atoms with Gasteiger partial charge < -0.3 is 9.64 Å². The molecule has 0 aliphatic carbocycles. The number of unbranched alkanes of at least 4 members (excludes halogenated alkanes) is 11. The second-order valence-corrected chi connectivity index (χ2v) is 14.4. The average Bonchev–Trinajstić information content (AvgIpc) is 3.56. The van der Waals surface area contributed by atoms with Crippen LogP contribution < -0.4 is 9.80 Å². The molecule has 5 rings (SSSR count). The lowest BCUT2D eigenvalue weighted by atomic mass is 9.98. The minimum atomic E-state index is -0.217. The van der Waals surface area contributed by atoms with E-state index in [-0.39, 0.29) is 24.4 Å². The Morgan fingerprint density at radius 1 is 0.830 bits per heavy atom. The van der Waals surface area contributed by atoms with Crippen molar-refractivity contribution in [2.75, 3.05) is 49.3 Å². The van der Waals surface area contributed by atoms with Crippen LogP contribution in [-0.2, 0) is 27.2 Å². The number of rotatable bonds is 19. The first-order chi connectivity index (χ1) is 23.0. The van der Waals surface area contributed by atoms with Crippen molar-refractivity contribution in [1.29, 1.82) is 0 Å². The summed E-state index contributed by atoms with van der Waals surface area (Å²) in [5.74, 6) is -0.377. The molecular formula is C39H54FN3O3S. The van der Waals surface area contributed by atoms with Crippen molar-refractivity contribution in [3.8, 4) is 0 Å². The van der Waals surface area contributed by atoms with E-state index in [1.807, 2.05) is 5.38 Å². The van der Waals surface area contributed by atoms with Crippen molar-refractivity contribution in [2.24, 2.45) is 0 Å².